The monoisotopic (exact) mass is 268 g/mol. The predicted octanol–water partition coefficient (Wildman–Crippen LogP) is 2.19. The highest BCUT2D eigenvalue weighted by Gasteiger charge is 2.12. The number of thiazole rings is 1. The van der Waals surface area contributed by atoms with E-state index in [1.807, 2.05) is 11.4 Å². The second kappa shape index (κ2) is 4.46. The normalized spacial score (nSPS) is 11.6. The van der Waals surface area contributed by atoms with Crippen molar-refractivity contribution in [3.8, 4) is 11.3 Å². The molecule has 4 nitrogen and oxygen atoms in total. The molecule has 6 heteroatoms. The van der Waals surface area contributed by atoms with Crippen molar-refractivity contribution in [3.05, 3.63) is 29.6 Å². The molecule has 0 aliphatic carbocycles. The molecule has 0 aliphatic rings. The zero-order valence-electron chi connectivity index (χ0n) is 9.25. The lowest BCUT2D eigenvalue weighted by molar-refractivity contribution is 0.597. The molecule has 0 radical (unpaired) electrons. The van der Waals surface area contributed by atoms with Crippen molar-refractivity contribution in [2.75, 3.05) is 11.5 Å². The van der Waals surface area contributed by atoms with Gasteiger partial charge in [-0.1, -0.05) is 19.1 Å². The summed E-state index contributed by atoms with van der Waals surface area (Å²) in [5, 5.41) is 2.29. The Hall–Kier alpha value is -1.40. The molecule has 0 saturated carbocycles. The number of aromatic nitrogens is 1. The molecular formula is C11H12N2O2S2. The molecule has 1 aromatic carbocycles. The van der Waals surface area contributed by atoms with Gasteiger partial charge in [-0.2, -0.15) is 0 Å². The Morgan fingerprint density at radius 3 is 2.76 bits per heavy atom. The quantitative estimate of drug-likeness (QED) is 0.926. The van der Waals surface area contributed by atoms with Crippen LogP contribution in [0.1, 0.15) is 6.92 Å². The van der Waals surface area contributed by atoms with E-state index in [2.05, 4.69) is 4.98 Å². The minimum absolute atomic E-state index is 0.0929. The maximum absolute atomic E-state index is 11.7. The van der Waals surface area contributed by atoms with Crippen molar-refractivity contribution < 1.29 is 8.42 Å². The van der Waals surface area contributed by atoms with E-state index in [4.69, 9.17) is 5.73 Å². The number of rotatable bonds is 3. The summed E-state index contributed by atoms with van der Waals surface area (Å²) in [6.07, 6.45) is 0. The Morgan fingerprint density at radius 1 is 1.41 bits per heavy atom. The summed E-state index contributed by atoms with van der Waals surface area (Å²) >= 11 is 1.34. The van der Waals surface area contributed by atoms with Gasteiger partial charge in [-0.05, 0) is 12.1 Å². The standard InChI is InChI=1S/C11H12N2O2S2/c1-2-17(14,15)9-5-3-4-8(6-9)10-7-16-11(12)13-10/h3-7H,2H2,1H3,(H2,12,13). The van der Waals surface area contributed by atoms with Crippen LogP contribution in [0, 0.1) is 0 Å². The van der Waals surface area contributed by atoms with E-state index >= 15 is 0 Å². The van der Waals surface area contributed by atoms with Crippen molar-refractivity contribution in [2.24, 2.45) is 0 Å². The minimum atomic E-state index is -3.18. The lowest BCUT2D eigenvalue weighted by Crippen LogP contribution is -2.03. The maximum atomic E-state index is 11.7. The van der Waals surface area contributed by atoms with Gasteiger partial charge in [0.1, 0.15) is 0 Å². The molecule has 2 N–H and O–H groups in total. The lowest BCUT2D eigenvalue weighted by Gasteiger charge is -2.03. The van der Waals surface area contributed by atoms with E-state index in [-0.39, 0.29) is 5.75 Å². The Morgan fingerprint density at radius 2 is 2.18 bits per heavy atom. The molecule has 2 aromatic rings. The fourth-order valence-electron chi connectivity index (χ4n) is 1.44. The van der Waals surface area contributed by atoms with E-state index < -0.39 is 9.84 Å². The predicted molar refractivity (Wildman–Crippen MR) is 69.7 cm³/mol. The van der Waals surface area contributed by atoms with Gasteiger partial charge in [0.2, 0.25) is 0 Å². The summed E-state index contributed by atoms with van der Waals surface area (Å²) in [7, 11) is -3.18. The third-order valence-corrected chi connectivity index (χ3v) is 4.80. The minimum Gasteiger partial charge on any atom is -0.375 e. The molecule has 0 spiro atoms. The zero-order valence-corrected chi connectivity index (χ0v) is 10.9. The molecule has 0 amide bonds. The maximum Gasteiger partial charge on any atom is 0.180 e. The third kappa shape index (κ3) is 2.48. The number of nitrogen functional groups attached to an aromatic ring is 1. The zero-order chi connectivity index (χ0) is 12.5. The molecule has 0 atom stereocenters. The average Bonchev–Trinajstić information content (AvgIpc) is 2.76. The number of hydrogen-bond acceptors (Lipinski definition) is 5. The number of hydrogen-bond donors (Lipinski definition) is 1. The molecule has 2 rings (SSSR count). The van der Waals surface area contributed by atoms with Crippen LogP contribution in [0.25, 0.3) is 11.3 Å². The van der Waals surface area contributed by atoms with E-state index in [0.29, 0.717) is 15.7 Å². The van der Waals surface area contributed by atoms with Crippen LogP contribution in [0.15, 0.2) is 34.5 Å². The van der Waals surface area contributed by atoms with Crippen LogP contribution in [0.4, 0.5) is 5.13 Å². The number of nitrogens with two attached hydrogens (primary N) is 1. The first-order valence-corrected chi connectivity index (χ1v) is 7.60. The number of benzene rings is 1. The molecule has 90 valence electrons. The summed E-state index contributed by atoms with van der Waals surface area (Å²) in [5.41, 5.74) is 7.03. The summed E-state index contributed by atoms with van der Waals surface area (Å²) in [5.74, 6) is 0.0929. The van der Waals surface area contributed by atoms with Crippen LogP contribution < -0.4 is 5.73 Å². The first kappa shape index (κ1) is 12.1. The highest BCUT2D eigenvalue weighted by molar-refractivity contribution is 7.91. The molecule has 1 aromatic heterocycles. The molecule has 0 saturated heterocycles. The number of sulfone groups is 1. The van der Waals surface area contributed by atoms with Gasteiger partial charge in [0.25, 0.3) is 0 Å². The summed E-state index contributed by atoms with van der Waals surface area (Å²) in [4.78, 5) is 4.45. The number of nitrogens with zero attached hydrogens (tertiary/aromatic N) is 1. The highest BCUT2D eigenvalue weighted by Crippen LogP contribution is 2.25. The van der Waals surface area contributed by atoms with Crippen molar-refractivity contribution in [1.29, 1.82) is 0 Å². The van der Waals surface area contributed by atoms with E-state index in [1.165, 1.54) is 11.3 Å². The Balaban J connectivity index is 2.49. The van der Waals surface area contributed by atoms with Crippen molar-refractivity contribution >= 4 is 26.3 Å². The third-order valence-electron chi connectivity index (χ3n) is 2.39. The van der Waals surface area contributed by atoms with Gasteiger partial charge >= 0.3 is 0 Å². The summed E-state index contributed by atoms with van der Waals surface area (Å²) in [6.45, 7) is 1.63. The number of anilines is 1. The second-order valence-electron chi connectivity index (χ2n) is 3.50. The van der Waals surface area contributed by atoms with E-state index in [1.54, 1.807) is 25.1 Å². The van der Waals surface area contributed by atoms with Crippen LogP contribution in [-0.4, -0.2) is 19.2 Å². The molecule has 1 heterocycles. The van der Waals surface area contributed by atoms with Crippen molar-refractivity contribution in [2.45, 2.75) is 11.8 Å². The van der Waals surface area contributed by atoms with Gasteiger partial charge in [0.15, 0.2) is 15.0 Å². The molecule has 0 fully saturated rings. The SMILES string of the molecule is CCS(=O)(=O)c1cccc(-c2csc(N)n2)c1. The van der Waals surface area contributed by atoms with E-state index in [9.17, 15) is 8.42 Å². The van der Waals surface area contributed by atoms with Gasteiger partial charge in [-0.25, -0.2) is 13.4 Å². The lowest BCUT2D eigenvalue weighted by atomic mass is 10.2. The first-order valence-electron chi connectivity index (χ1n) is 5.07. The largest absolute Gasteiger partial charge is 0.375 e. The van der Waals surface area contributed by atoms with Gasteiger partial charge < -0.3 is 5.73 Å². The van der Waals surface area contributed by atoms with Gasteiger partial charge in [0, 0.05) is 10.9 Å². The average molecular weight is 268 g/mol. The molecule has 17 heavy (non-hydrogen) atoms. The molecular weight excluding hydrogens is 256 g/mol. The Labute approximate surface area is 104 Å². The fourth-order valence-corrected chi connectivity index (χ4v) is 2.93. The topological polar surface area (TPSA) is 73.0 Å². The van der Waals surface area contributed by atoms with Crippen molar-refractivity contribution in [1.82, 2.24) is 4.98 Å². The Bertz CT molecular complexity index is 632. The summed E-state index contributed by atoms with van der Waals surface area (Å²) < 4.78 is 23.5. The summed E-state index contributed by atoms with van der Waals surface area (Å²) in [6, 6.07) is 6.77. The van der Waals surface area contributed by atoms with Crippen molar-refractivity contribution in [3.63, 3.8) is 0 Å². The van der Waals surface area contributed by atoms with Crippen LogP contribution in [0.5, 0.6) is 0 Å². The Kier molecular flexibility index (Phi) is 3.17. The molecule has 0 unspecified atom stereocenters. The van der Waals surface area contributed by atoms with Crippen LogP contribution in [0.2, 0.25) is 0 Å². The van der Waals surface area contributed by atoms with Gasteiger partial charge in [-0.15, -0.1) is 11.3 Å². The van der Waals surface area contributed by atoms with Gasteiger partial charge in [0.05, 0.1) is 16.3 Å². The van der Waals surface area contributed by atoms with Crippen LogP contribution >= 0.6 is 11.3 Å². The molecule has 0 bridgehead atoms. The fraction of sp³-hybridized carbons (Fsp3) is 0.182. The van der Waals surface area contributed by atoms with Gasteiger partial charge in [-0.3, -0.25) is 0 Å². The van der Waals surface area contributed by atoms with E-state index in [0.717, 1.165) is 5.56 Å². The second-order valence-corrected chi connectivity index (χ2v) is 6.67. The highest BCUT2D eigenvalue weighted by atomic mass is 32.2. The van der Waals surface area contributed by atoms with Crippen LogP contribution in [-0.2, 0) is 9.84 Å². The first-order chi connectivity index (χ1) is 8.03. The van der Waals surface area contributed by atoms with Crippen LogP contribution in [0.3, 0.4) is 0 Å². The smallest absolute Gasteiger partial charge is 0.180 e. The molecule has 0 aliphatic heterocycles.